The summed E-state index contributed by atoms with van der Waals surface area (Å²) in [5.41, 5.74) is -0.402. The molecular weight excluding hydrogens is 327 g/mol. The Hall–Kier alpha value is -3.10. The van der Waals surface area contributed by atoms with Gasteiger partial charge in [-0.05, 0) is 30.7 Å². The number of amides is 2. The Morgan fingerprint density at radius 3 is 2.46 bits per heavy atom. The van der Waals surface area contributed by atoms with Crippen LogP contribution in [0, 0.1) is 17.0 Å². The zero-order chi connectivity index (χ0) is 17.9. The summed E-state index contributed by atoms with van der Waals surface area (Å²) < 4.78 is 37.9. The Kier molecular flexibility index (Phi) is 4.72. The lowest BCUT2D eigenvalue weighted by atomic mass is 10.2. The molecule has 2 amide bonds. The van der Waals surface area contributed by atoms with Crippen LogP contribution in [0.2, 0.25) is 0 Å². The van der Waals surface area contributed by atoms with Crippen molar-refractivity contribution >= 4 is 23.1 Å². The molecule has 0 aliphatic rings. The van der Waals surface area contributed by atoms with Crippen LogP contribution >= 0.6 is 0 Å². The Morgan fingerprint density at radius 2 is 1.83 bits per heavy atom. The van der Waals surface area contributed by atoms with Gasteiger partial charge >= 0.3 is 12.2 Å². The summed E-state index contributed by atoms with van der Waals surface area (Å²) >= 11 is 0. The number of alkyl halides is 3. The van der Waals surface area contributed by atoms with Crippen LogP contribution in [0.4, 0.5) is 35.0 Å². The van der Waals surface area contributed by atoms with Crippen LogP contribution in [0.1, 0.15) is 11.1 Å². The molecule has 0 unspecified atom stereocenters. The minimum Gasteiger partial charge on any atom is -0.308 e. The van der Waals surface area contributed by atoms with Crippen molar-refractivity contribution in [2.75, 3.05) is 10.6 Å². The molecule has 9 heteroatoms. The van der Waals surface area contributed by atoms with E-state index >= 15 is 0 Å². The van der Waals surface area contributed by atoms with E-state index in [2.05, 4.69) is 10.6 Å². The van der Waals surface area contributed by atoms with Crippen molar-refractivity contribution in [1.82, 2.24) is 0 Å². The summed E-state index contributed by atoms with van der Waals surface area (Å²) in [4.78, 5) is 22.0. The number of aryl methyl sites for hydroxylation is 1. The maximum absolute atomic E-state index is 12.6. The Balaban J connectivity index is 2.14. The van der Waals surface area contributed by atoms with E-state index in [0.717, 1.165) is 18.2 Å². The van der Waals surface area contributed by atoms with Gasteiger partial charge in [0.05, 0.1) is 16.2 Å². The second-order valence-corrected chi connectivity index (χ2v) is 4.91. The number of carbonyl (C=O) groups is 1. The molecule has 24 heavy (non-hydrogen) atoms. The maximum atomic E-state index is 12.6. The van der Waals surface area contributed by atoms with Gasteiger partial charge in [-0.1, -0.05) is 12.1 Å². The van der Waals surface area contributed by atoms with Crippen molar-refractivity contribution in [3.63, 3.8) is 0 Å². The first-order chi connectivity index (χ1) is 11.2. The predicted molar refractivity (Wildman–Crippen MR) is 81.9 cm³/mol. The fourth-order valence-corrected chi connectivity index (χ4v) is 1.92. The van der Waals surface area contributed by atoms with E-state index in [1.807, 2.05) is 0 Å². The van der Waals surface area contributed by atoms with Gasteiger partial charge in [-0.2, -0.15) is 13.2 Å². The van der Waals surface area contributed by atoms with Crippen molar-refractivity contribution in [3.05, 3.63) is 63.7 Å². The van der Waals surface area contributed by atoms with Gasteiger partial charge < -0.3 is 10.6 Å². The summed E-state index contributed by atoms with van der Waals surface area (Å²) in [6.45, 7) is 1.63. The van der Waals surface area contributed by atoms with Gasteiger partial charge in [-0.3, -0.25) is 10.1 Å². The van der Waals surface area contributed by atoms with E-state index in [0.29, 0.717) is 5.56 Å². The maximum Gasteiger partial charge on any atom is 0.416 e. The second kappa shape index (κ2) is 6.57. The van der Waals surface area contributed by atoms with Crippen LogP contribution in [-0.4, -0.2) is 11.0 Å². The number of urea groups is 1. The van der Waals surface area contributed by atoms with Gasteiger partial charge in [0.2, 0.25) is 0 Å². The highest BCUT2D eigenvalue weighted by Gasteiger charge is 2.30. The van der Waals surface area contributed by atoms with Crippen molar-refractivity contribution in [3.8, 4) is 0 Å². The summed E-state index contributed by atoms with van der Waals surface area (Å²) in [5.74, 6) is 0. The van der Waals surface area contributed by atoms with Gasteiger partial charge in [0, 0.05) is 17.8 Å². The quantitative estimate of drug-likeness (QED) is 0.635. The number of halogens is 3. The number of nitrogens with one attached hydrogen (secondary N) is 2. The number of nitrogens with zero attached hydrogens (tertiary/aromatic N) is 1. The summed E-state index contributed by atoms with van der Waals surface area (Å²) in [6.07, 6.45) is -4.52. The molecule has 0 bridgehead atoms. The molecule has 0 atom stereocenters. The van der Waals surface area contributed by atoms with Gasteiger partial charge in [0.25, 0.3) is 5.69 Å². The first-order valence-electron chi connectivity index (χ1n) is 6.67. The van der Waals surface area contributed by atoms with Crippen LogP contribution < -0.4 is 10.6 Å². The van der Waals surface area contributed by atoms with Gasteiger partial charge in [-0.25, -0.2) is 4.79 Å². The fraction of sp³-hybridized carbons (Fsp3) is 0.133. The number of benzene rings is 2. The Labute approximate surface area is 134 Å². The van der Waals surface area contributed by atoms with Crippen molar-refractivity contribution in [2.45, 2.75) is 13.1 Å². The molecule has 2 N–H and O–H groups in total. The van der Waals surface area contributed by atoms with Crippen molar-refractivity contribution in [2.24, 2.45) is 0 Å². The van der Waals surface area contributed by atoms with E-state index in [1.165, 1.54) is 24.3 Å². The minimum atomic E-state index is -4.52. The fourth-order valence-electron chi connectivity index (χ4n) is 1.92. The topological polar surface area (TPSA) is 84.3 Å². The monoisotopic (exact) mass is 339 g/mol. The average molecular weight is 339 g/mol. The zero-order valence-electron chi connectivity index (χ0n) is 12.3. The minimum absolute atomic E-state index is 0.0505. The Morgan fingerprint density at radius 1 is 1.12 bits per heavy atom. The van der Waals surface area contributed by atoms with Crippen molar-refractivity contribution in [1.29, 1.82) is 0 Å². The summed E-state index contributed by atoms with van der Waals surface area (Å²) in [5, 5.41) is 15.4. The molecule has 126 valence electrons. The molecule has 0 aromatic heterocycles. The predicted octanol–water partition coefficient (Wildman–Crippen LogP) is 4.57. The first-order valence-corrected chi connectivity index (χ1v) is 6.67. The number of non-ortho nitro benzene ring substituents is 1. The summed E-state index contributed by atoms with van der Waals surface area (Å²) in [7, 11) is 0. The SMILES string of the molecule is Cc1ccc([N+](=O)[O-])cc1NC(=O)Nc1cccc(C(F)(F)F)c1. The smallest absolute Gasteiger partial charge is 0.308 e. The molecule has 0 spiro atoms. The second-order valence-electron chi connectivity index (χ2n) is 4.91. The lowest BCUT2D eigenvalue weighted by molar-refractivity contribution is -0.384. The first kappa shape index (κ1) is 17.3. The van der Waals surface area contributed by atoms with Gasteiger partial charge in [-0.15, -0.1) is 0 Å². The molecule has 0 heterocycles. The van der Waals surface area contributed by atoms with Crippen LogP contribution in [0.5, 0.6) is 0 Å². The molecule has 2 aromatic rings. The lowest BCUT2D eigenvalue weighted by Crippen LogP contribution is -2.20. The van der Waals surface area contributed by atoms with E-state index < -0.39 is 22.7 Å². The molecular formula is C15H12F3N3O3. The zero-order valence-corrected chi connectivity index (χ0v) is 12.3. The largest absolute Gasteiger partial charge is 0.416 e. The van der Waals surface area contributed by atoms with Gasteiger partial charge in [0.15, 0.2) is 0 Å². The van der Waals surface area contributed by atoms with E-state index in [1.54, 1.807) is 6.92 Å². The molecule has 0 saturated carbocycles. The lowest BCUT2D eigenvalue weighted by Gasteiger charge is -2.12. The van der Waals surface area contributed by atoms with E-state index in [-0.39, 0.29) is 17.1 Å². The molecule has 0 aliphatic carbocycles. The number of nitro groups is 1. The number of hydrogen-bond donors (Lipinski definition) is 2. The number of nitro benzene ring substituents is 1. The molecule has 0 radical (unpaired) electrons. The normalized spacial score (nSPS) is 11.0. The highest BCUT2D eigenvalue weighted by Crippen LogP contribution is 2.30. The molecule has 0 fully saturated rings. The molecule has 2 aromatic carbocycles. The van der Waals surface area contributed by atoms with Crippen molar-refractivity contribution < 1.29 is 22.9 Å². The Bertz CT molecular complexity index is 791. The molecule has 2 rings (SSSR count). The third kappa shape index (κ3) is 4.22. The van der Waals surface area contributed by atoms with Crippen LogP contribution in [0.25, 0.3) is 0 Å². The van der Waals surface area contributed by atoms with E-state index in [9.17, 15) is 28.1 Å². The van der Waals surface area contributed by atoms with Crippen LogP contribution in [0.15, 0.2) is 42.5 Å². The number of carbonyl (C=O) groups excluding carboxylic acids is 1. The molecule has 0 aliphatic heterocycles. The third-order valence-electron chi connectivity index (χ3n) is 3.13. The number of anilines is 2. The standard InChI is InChI=1S/C15H12F3N3O3/c1-9-5-6-12(21(23)24)8-13(9)20-14(22)19-11-4-2-3-10(7-11)15(16,17)18/h2-8H,1H3,(H2,19,20,22). The third-order valence-corrected chi connectivity index (χ3v) is 3.13. The van der Waals surface area contributed by atoms with Crippen LogP contribution in [-0.2, 0) is 6.18 Å². The number of rotatable bonds is 3. The highest BCUT2D eigenvalue weighted by molar-refractivity contribution is 6.00. The summed E-state index contributed by atoms with van der Waals surface area (Å²) in [6, 6.07) is 7.24. The molecule has 6 nitrogen and oxygen atoms in total. The molecule has 0 saturated heterocycles. The van der Waals surface area contributed by atoms with Crippen LogP contribution in [0.3, 0.4) is 0 Å². The van der Waals surface area contributed by atoms with E-state index in [4.69, 9.17) is 0 Å². The van der Waals surface area contributed by atoms with Gasteiger partial charge in [0.1, 0.15) is 0 Å². The highest BCUT2D eigenvalue weighted by atomic mass is 19.4. The number of hydrogen-bond acceptors (Lipinski definition) is 3. The average Bonchev–Trinajstić information content (AvgIpc) is 2.48.